The number of nitrogens with zero attached hydrogens (tertiary/aromatic N) is 2. The maximum atomic E-state index is 14.3. The summed E-state index contributed by atoms with van der Waals surface area (Å²) in [7, 11) is 1.52. The molecule has 3 aliphatic rings. The minimum Gasteiger partial charge on any atom is -0.496 e. The van der Waals surface area contributed by atoms with Gasteiger partial charge in [0.15, 0.2) is 0 Å². The lowest BCUT2D eigenvalue weighted by molar-refractivity contribution is -0.127. The highest BCUT2D eigenvalue weighted by Gasteiger charge is 2.58. The van der Waals surface area contributed by atoms with Gasteiger partial charge in [0.25, 0.3) is 5.91 Å². The van der Waals surface area contributed by atoms with Gasteiger partial charge in [-0.1, -0.05) is 6.07 Å². The van der Waals surface area contributed by atoms with E-state index in [2.05, 4.69) is 15.6 Å². The Morgan fingerprint density at radius 3 is 2.86 bits per heavy atom. The molecule has 3 fully saturated rings. The molecule has 1 aromatic heterocycles. The standard InChI is InChI=1S/C25H27F2N5O4/c1-36-20-4-2-3-18-16(20)8-19(31-18)24(35)32-12-14-9-25(26,27)10-17(14)21(32)23(34)30-15(11-28)7-13-5-6-29-22(13)33/h2-4,8,13-15,17,21,31H,5-7,9-10,12H2,1H3,(H,29,33)(H,30,34)/t13-,14-,15+,17-,21+/m1/s1. The summed E-state index contributed by atoms with van der Waals surface area (Å²) in [5.74, 6) is -5.29. The fourth-order valence-corrected chi connectivity index (χ4v) is 5.97. The van der Waals surface area contributed by atoms with Crippen LogP contribution in [0.25, 0.3) is 10.9 Å². The topological polar surface area (TPSA) is 127 Å². The van der Waals surface area contributed by atoms with E-state index in [1.807, 2.05) is 6.07 Å². The first kappa shape index (κ1) is 24.0. The van der Waals surface area contributed by atoms with E-state index in [9.17, 15) is 28.4 Å². The van der Waals surface area contributed by atoms with Crippen molar-refractivity contribution in [2.24, 2.45) is 17.8 Å². The zero-order valence-electron chi connectivity index (χ0n) is 19.7. The van der Waals surface area contributed by atoms with Crippen molar-refractivity contribution in [1.82, 2.24) is 20.5 Å². The molecule has 0 radical (unpaired) electrons. The molecule has 9 nitrogen and oxygen atoms in total. The van der Waals surface area contributed by atoms with Crippen LogP contribution in [-0.4, -0.2) is 65.8 Å². The van der Waals surface area contributed by atoms with E-state index >= 15 is 0 Å². The first-order valence-electron chi connectivity index (χ1n) is 12.0. The Kier molecular flexibility index (Phi) is 6.06. The third-order valence-corrected chi connectivity index (χ3v) is 7.63. The zero-order valence-corrected chi connectivity index (χ0v) is 19.7. The highest BCUT2D eigenvalue weighted by molar-refractivity contribution is 6.02. The number of ether oxygens (including phenoxy) is 1. The molecule has 2 aliphatic heterocycles. The Balaban J connectivity index is 1.40. The SMILES string of the molecule is COc1cccc2[nH]c(C(=O)N3C[C@H]4CC(F)(F)C[C@H]4[C@H]3C(=O)N[C@H](C#N)C[C@H]3CCNC3=O)cc12. The Bertz CT molecular complexity index is 1250. The zero-order chi connectivity index (χ0) is 25.6. The number of hydrogen-bond acceptors (Lipinski definition) is 5. The van der Waals surface area contributed by atoms with Crippen LogP contribution in [0.15, 0.2) is 24.3 Å². The number of halogens is 2. The number of carbonyl (C=O) groups excluding carboxylic acids is 3. The predicted molar refractivity (Wildman–Crippen MR) is 124 cm³/mol. The van der Waals surface area contributed by atoms with Gasteiger partial charge in [-0.2, -0.15) is 5.26 Å². The summed E-state index contributed by atoms with van der Waals surface area (Å²) in [6.45, 7) is 0.528. The Morgan fingerprint density at radius 1 is 1.36 bits per heavy atom. The molecule has 3 amide bonds. The summed E-state index contributed by atoms with van der Waals surface area (Å²) in [5, 5.41) is 15.6. The Morgan fingerprint density at radius 2 is 2.17 bits per heavy atom. The van der Waals surface area contributed by atoms with Gasteiger partial charge in [-0.15, -0.1) is 0 Å². The first-order valence-corrected chi connectivity index (χ1v) is 12.0. The number of benzene rings is 1. The summed E-state index contributed by atoms with van der Waals surface area (Å²) in [6.07, 6.45) is -0.208. The molecular weight excluding hydrogens is 472 g/mol. The summed E-state index contributed by atoms with van der Waals surface area (Å²) in [4.78, 5) is 43.3. The molecular formula is C25H27F2N5O4. The maximum Gasteiger partial charge on any atom is 0.271 e. The molecule has 11 heteroatoms. The molecule has 2 saturated heterocycles. The predicted octanol–water partition coefficient (Wildman–Crippen LogP) is 2.20. The average Bonchev–Trinajstić information content (AvgIpc) is 3.59. The molecule has 1 aliphatic carbocycles. The van der Waals surface area contributed by atoms with Crippen molar-refractivity contribution in [2.45, 2.75) is 43.7 Å². The van der Waals surface area contributed by atoms with Gasteiger partial charge < -0.3 is 25.3 Å². The van der Waals surface area contributed by atoms with Crippen molar-refractivity contribution in [2.75, 3.05) is 20.2 Å². The number of nitriles is 1. The summed E-state index contributed by atoms with van der Waals surface area (Å²) < 4.78 is 33.9. The highest BCUT2D eigenvalue weighted by Crippen LogP contribution is 2.50. The van der Waals surface area contributed by atoms with Crippen LogP contribution in [0.1, 0.15) is 36.2 Å². The van der Waals surface area contributed by atoms with Crippen molar-refractivity contribution in [3.63, 3.8) is 0 Å². The lowest BCUT2D eigenvalue weighted by Gasteiger charge is -2.28. The van der Waals surface area contributed by atoms with Gasteiger partial charge in [-0.3, -0.25) is 14.4 Å². The molecule has 5 atom stereocenters. The molecule has 3 heterocycles. The Hall–Kier alpha value is -3.68. The number of fused-ring (bicyclic) bond motifs is 2. The third kappa shape index (κ3) is 4.25. The van der Waals surface area contributed by atoms with Crippen molar-refractivity contribution < 1.29 is 27.9 Å². The fourth-order valence-electron chi connectivity index (χ4n) is 5.97. The van der Waals surface area contributed by atoms with E-state index in [-0.39, 0.29) is 24.6 Å². The van der Waals surface area contributed by atoms with Gasteiger partial charge in [0, 0.05) is 42.8 Å². The van der Waals surface area contributed by atoms with E-state index in [0.29, 0.717) is 29.6 Å². The number of H-pyrrole nitrogens is 1. The largest absolute Gasteiger partial charge is 0.496 e. The average molecular weight is 500 g/mol. The second-order valence-corrected chi connectivity index (χ2v) is 9.90. The minimum atomic E-state index is -2.91. The van der Waals surface area contributed by atoms with E-state index in [1.54, 1.807) is 24.3 Å². The Labute approximate surface area is 206 Å². The molecule has 1 saturated carbocycles. The van der Waals surface area contributed by atoms with Gasteiger partial charge >= 0.3 is 0 Å². The van der Waals surface area contributed by atoms with Crippen LogP contribution in [0.4, 0.5) is 8.78 Å². The van der Waals surface area contributed by atoms with Crippen LogP contribution < -0.4 is 15.4 Å². The molecule has 1 aromatic carbocycles. The molecule has 0 bridgehead atoms. The second-order valence-electron chi connectivity index (χ2n) is 9.90. The summed E-state index contributed by atoms with van der Waals surface area (Å²) >= 11 is 0. The van der Waals surface area contributed by atoms with E-state index in [0.717, 1.165) is 0 Å². The molecule has 36 heavy (non-hydrogen) atoms. The van der Waals surface area contributed by atoms with Crippen LogP contribution in [0, 0.1) is 29.1 Å². The minimum absolute atomic E-state index is 0.0198. The number of carbonyl (C=O) groups is 3. The van der Waals surface area contributed by atoms with Gasteiger partial charge in [0.1, 0.15) is 23.5 Å². The van der Waals surface area contributed by atoms with Crippen LogP contribution in [0.5, 0.6) is 5.75 Å². The number of amides is 3. The van der Waals surface area contributed by atoms with E-state index in [1.165, 1.54) is 12.0 Å². The summed E-state index contributed by atoms with van der Waals surface area (Å²) in [6, 6.07) is 6.84. The quantitative estimate of drug-likeness (QED) is 0.562. The van der Waals surface area contributed by atoms with Gasteiger partial charge in [-0.25, -0.2) is 8.78 Å². The number of alkyl halides is 2. The molecule has 5 rings (SSSR count). The van der Waals surface area contributed by atoms with E-state index in [4.69, 9.17) is 4.74 Å². The van der Waals surface area contributed by atoms with Gasteiger partial charge in [-0.05, 0) is 42.9 Å². The molecule has 0 unspecified atom stereocenters. The normalized spacial score (nSPS) is 27.4. The van der Waals surface area contributed by atoms with Gasteiger partial charge in [0.05, 0.1) is 13.2 Å². The van der Waals surface area contributed by atoms with Crippen molar-refractivity contribution in [1.29, 1.82) is 5.26 Å². The van der Waals surface area contributed by atoms with Crippen molar-refractivity contribution >= 4 is 28.6 Å². The van der Waals surface area contributed by atoms with Crippen LogP contribution in [0.3, 0.4) is 0 Å². The summed E-state index contributed by atoms with van der Waals surface area (Å²) in [5.41, 5.74) is 0.891. The fraction of sp³-hybridized carbons (Fsp3) is 0.520. The smallest absolute Gasteiger partial charge is 0.271 e. The second kappa shape index (κ2) is 9.08. The van der Waals surface area contributed by atoms with Gasteiger partial charge in [0.2, 0.25) is 17.7 Å². The molecule has 2 aromatic rings. The monoisotopic (exact) mass is 499 g/mol. The molecule has 190 valence electrons. The lowest BCUT2D eigenvalue weighted by atomic mass is 9.92. The maximum absolute atomic E-state index is 14.3. The van der Waals surface area contributed by atoms with Crippen molar-refractivity contribution in [3.8, 4) is 11.8 Å². The number of nitrogens with one attached hydrogen (secondary N) is 3. The number of aromatic amines is 1. The first-order chi connectivity index (χ1) is 17.2. The number of aromatic nitrogens is 1. The third-order valence-electron chi connectivity index (χ3n) is 7.63. The highest BCUT2D eigenvalue weighted by atomic mass is 19.3. The van der Waals surface area contributed by atoms with Crippen LogP contribution >= 0.6 is 0 Å². The number of hydrogen-bond donors (Lipinski definition) is 3. The van der Waals surface area contributed by atoms with E-state index < -0.39 is 60.4 Å². The van der Waals surface area contributed by atoms with Crippen molar-refractivity contribution in [3.05, 3.63) is 30.0 Å². The molecule has 3 N–H and O–H groups in total. The lowest BCUT2D eigenvalue weighted by Crippen LogP contribution is -2.51. The number of rotatable bonds is 6. The van der Waals surface area contributed by atoms with Crippen LogP contribution in [-0.2, 0) is 9.59 Å². The molecule has 0 spiro atoms. The number of methoxy groups -OCH3 is 1. The number of likely N-dealkylation sites (tertiary alicyclic amines) is 1. The van der Waals surface area contributed by atoms with Crippen LogP contribution in [0.2, 0.25) is 0 Å².